The number of quaternary nitrogens is 1. The average molecular weight is 505 g/mol. The summed E-state index contributed by atoms with van der Waals surface area (Å²) in [6, 6.07) is 27.8. The van der Waals surface area contributed by atoms with Crippen molar-refractivity contribution in [1.82, 2.24) is 10.7 Å². The molecule has 7 heteroatoms. The van der Waals surface area contributed by atoms with Gasteiger partial charge in [-0.25, -0.2) is 9.39 Å². The average Bonchev–Trinajstić information content (AvgIpc) is 2.84. The Hall–Kier alpha value is -3.68. The second-order valence-electron chi connectivity index (χ2n) is 10.5. The number of rotatable bonds is 10. The van der Waals surface area contributed by atoms with Crippen molar-refractivity contribution < 1.29 is 24.0 Å². The minimum atomic E-state index is -0.988. The molecule has 7 nitrogen and oxygen atoms in total. The molecule has 0 bridgehead atoms. The zero-order valence-electron chi connectivity index (χ0n) is 22.1. The summed E-state index contributed by atoms with van der Waals surface area (Å²) in [5.41, 5.74) is 4.92. The van der Waals surface area contributed by atoms with Crippen LogP contribution < -0.4 is 10.7 Å². The second-order valence-corrected chi connectivity index (χ2v) is 10.5. The Balaban J connectivity index is 1.85. The number of carbonyl (C=O) groups excluding carboxylic acids is 2. The Morgan fingerprint density at radius 1 is 0.865 bits per heavy atom. The molecule has 0 radical (unpaired) electrons. The standard InChI is InChI=1S/C30H37N3O4/c1-30(2,3)37-29(36)31-26(20-23-14-8-5-9-15-23)27(34)22-33(4,21-24-16-10-6-11-17-24)32-28(35)25-18-12-7-13-19-25/h5-19,26-27,34H,20-22H2,1-4H3,(H-,31,32,35,36)/p+1. The van der Waals surface area contributed by atoms with Crippen LogP contribution in [0, 0.1) is 0 Å². The number of aliphatic hydroxyl groups excluding tert-OH is 1. The summed E-state index contributed by atoms with van der Waals surface area (Å²) in [5, 5.41) is 14.3. The molecule has 0 fully saturated rings. The van der Waals surface area contributed by atoms with E-state index in [-0.39, 0.29) is 17.0 Å². The minimum absolute atomic E-state index is 0.0280. The first kappa shape index (κ1) is 27.9. The highest BCUT2D eigenvalue weighted by atomic mass is 16.6. The van der Waals surface area contributed by atoms with Gasteiger partial charge in [-0.1, -0.05) is 78.9 Å². The molecular formula is C30H38N3O4+. The number of carbonyl (C=O) groups is 2. The van der Waals surface area contributed by atoms with Crippen molar-refractivity contribution in [3.8, 4) is 0 Å². The molecule has 2 amide bonds. The van der Waals surface area contributed by atoms with Crippen molar-refractivity contribution >= 4 is 12.0 Å². The molecule has 0 aliphatic carbocycles. The fraction of sp³-hybridized carbons (Fsp3) is 0.333. The van der Waals surface area contributed by atoms with Crippen LogP contribution in [-0.4, -0.2) is 53.0 Å². The first-order valence-electron chi connectivity index (χ1n) is 12.5. The maximum absolute atomic E-state index is 13.1. The summed E-state index contributed by atoms with van der Waals surface area (Å²) in [6.45, 7) is 5.98. The number of aliphatic hydroxyl groups is 1. The molecule has 0 spiro atoms. The summed E-state index contributed by atoms with van der Waals surface area (Å²) in [6.07, 6.45) is -1.19. The third kappa shape index (κ3) is 9.37. The lowest BCUT2D eigenvalue weighted by Gasteiger charge is -2.37. The molecule has 0 aromatic heterocycles. The first-order valence-corrected chi connectivity index (χ1v) is 12.5. The quantitative estimate of drug-likeness (QED) is 0.281. The Labute approximate surface area is 219 Å². The van der Waals surface area contributed by atoms with Gasteiger partial charge < -0.3 is 15.2 Å². The van der Waals surface area contributed by atoms with E-state index in [9.17, 15) is 14.7 Å². The van der Waals surface area contributed by atoms with Crippen LogP contribution in [0.4, 0.5) is 4.79 Å². The number of alkyl carbamates (subject to hydrolysis) is 1. The molecule has 3 aromatic rings. The second kappa shape index (κ2) is 12.5. The molecule has 3 unspecified atom stereocenters. The van der Waals surface area contributed by atoms with E-state index in [4.69, 9.17) is 4.74 Å². The van der Waals surface area contributed by atoms with Crippen LogP contribution in [0.15, 0.2) is 91.0 Å². The summed E-state index contributed by atoms with van der Waals surface area (Å²) in [7, 11) is 1.87. The van der Waals surface area contributed by atoms with E-state index in [0.29, 0.717) is 18.5 Å². The Kier molecular flexibility index (Phi) is 9.44. The third-order valence-corrected chi connectivity index (χ3v) is 5.84. The highest BCUT2D eigenvalue weighted by Gasteiger charge is 2.34. The van der Waals surface area contributed by atoms with Crippen LogP contribution in [0.5, 0.6) is 0 Å². The maximum atomic E-state index is 13.1. The van der Waals surface area contributed by atoms with Crippen molar-refractivity contribution in [3.05, 3.63) is 108 Å². The Morgan fingerprint density at radius 3 is 1.92 bits per heavy atom. The monoisotopic (exact) mass is 504 g/mol. The molecule has 0 aliphatic rings. The largest absolute Gasteiger partial charge is 0.444 e. The molecule has 37 heavy (non-hydrogen) atoms. The summed E-state index contributed by atoms with van der Waals surface area (Å²) >= 11 is 0. The Morgan fingerprint density at radius 2 is 1.38 bits per heavy atom. The molecule has 0 heterocycles. The number of hydrogen-bond acceptors (Lipinski definition) is 4. The zero-order chi connectivity index (χ0) is 26.9. The summed E-state index contributed by atoms with van der Waals surface area (Å²) in [4.78, 5) is 25.8. The van der Waals surface area contributed by atoms with Gasteiger partial charge in [-0.15, -0.1) is 0 Å². The van der Waals surface area contributed by atoms with Gasteiger partial charge in [0, 0.05) is 11.1 Å². The smallest absolute Gasteiger partial charge is 0.407 e. The van der Waals surface area contributed by atoms with E-state index in [0.717, 1.165) is 11.1 Å². The van der Waals surface area contributed by atoms with Gasteiger partial charge in [0.2, 0.25) is 0 Å². The third-order valence-electron chi connectivity index (χ3n) is 5.84. The van der Waals surface area contributed by atoms with E-state index < -0.39 is 23.8 Å². The number of hydrogen-bond donors (Lipinski definition) is 3. The zero-order valence-corrected chi connectivity index (χ0v) is 22.1. The van der Waals surface area contributed by atoms with Crippen LogP contribution in [0.25, 0.3) is 0 Å². The van der Waals surface area contributed by atoms with E-state index in [1.165, 1.54) is 0 Å². The number of nitrogens with zero attached hydrogens (tertiary/aromatic N) is 1. The van der Waals surface area contributed by atoms with Crippen LogP contribution >= 0.6 is 0 Å². The van der Waals surface area contributed by atoms with Crippen molar-refractivity contribution in [3.63, 3.8) is 0 Å². The number of amides is 2. The normalized spacial score (nSPS) is 14.6. The number of benzene rings is 3. The Bertz CT molecular complexity index is 1130. The van der Waals surface area contributed by atoms with Gasteiger partial charge in [-0.3, -0.25) is 4.79 Å². The molecule has 0 aliphatic heterocycles. The summed E-state index contributed by atoms with van der Waals surface area (Å²) in [5.74, 6) is -0.244. The highest BCUT2D eigenvalue weighted by molar-refractivity contribution is 5.93. The van der Waals surface area contributed by atoms with Crippen LogP contribution in [0.1, 0.15) is 42.3 Å². The van der Waals surface area contributed by atoms with Crippen molar-refractivity contribution in [2.24, 2.45) is 0 Å². The first-order chi connectivity index (χ1) is 17.5. The topological polar surface area (TPSA) is 87.7 Å². The predicted octanol–water partition coefficient (Wildman–Crippen LogP) is 4.48. The van der Waals surface area contributed by atoms with E-state index in [2.05, 4.69) is 10.7 Å². The lowest BCUT2D eigenvalue weighted by Crippen LogP contribution is -2.62. The van der Waals surface area contributed by atoms with Gasteiger partial charge in [0.1, 0.15) is 24.8 Å². The number of likely N-dealkylation sites (N-methyl/N-ethyl adjacent to an activating group) is 1. The SMILES string of the molecule is CC(C)(C)OC(=O)NC(Cc1ccccc1)C(O)C[N+](C)(Cc1ccccc1)NC(=O)c1ccccc1. The molecule has 3 rings (SSSR count). The predicted molar refractivity (Wildman–Crippen MR) is 144 cm³/mol. The molecular weight excluding hydrogens is 466 g/mol. The van der Waals surface area contributed by atoms with Gasteiger partial charge >= 0.3 is 6.09 Å². The molecule has 196 valence electrons. The van der Waals surface area contributed by atoms with Gasteiger partial charge in [0.25, 0.3) is 5.91 Å². The molecule has 3 atom stereocenters. The lowest BCUT2D eigenvalue weighted by atomic mass is 10.0. The van der Waals surface area contributed by atoms with Gasteiger partial charge in [-0.2, -0.15) is 5.43 Å². The van der Waals surface area contributed by atoms with E-state index >= 15 is 0 Å². The van der Waals surface area contributed by atoms with Gasteiger partial charge in [-0.05, 0) is 44.9 Å². The fourth-order valence-electron chi connectivity index (χ4n) is 4.19. The van der Waals surface area contributed by atoms with Crippen molar-refractivity contribution in [2.45, 2.75) is 51.5 Å². The molecule has 3 N–H and O–H groups in total. The van der Waals surface area contributed by atoms with Crippen LogP contribution in [0.3, 0.4) is 0 Å². The fourth-order valence-corrected chi connectivity index (χ4v) is 4.19. The molecule has 0 saturated carbocycles. The summed E-state index contributed by atoms with van der Waals surface area (Å²) < 4.78 is 5.50. The maximum Gasteiger partial charge on any atom is 0.407 e. The van der Waals surface area contributed by atoms with Crippen LogP contribution in [0.2, 0.25) is 0 Å². The van der Waals surface area contributed by atoms with Crippen LogP contribution in [-0.2, 0) is 17.7 Å². The molecule has 0 saturated heterocycles. The number of ether oxygens (including phenoxy) is 1. The lowest BCUT2D eigenvalue weighted by molar-refractivity contribution is -0.958. The van der Waals surface area contributed by atoms with Gasteiger partial charge in [0.05, 0.1) is 13.1 Å². The number of nitrogens with one attached hydrogen (secondary N) is 2. The van der Waals surface area contributed by atoms with Crippen molar-refractivity contribution in [1.29, 1.82) is 0 Å². The van der Waals surface area contributed by atoms with E-state index in [1.54, 1.807) is 32.9 Å². The molecule has 3 aromatic carbocycles. The highest BCUT2D eigenvalue weighted by Crippen LogP contribution is 2.16. The minimum Gasteiger partial charge on any atom is -0.444 e. The van der Waals surface area contributed by atoms with E-state index in [1.807, 2.05) is 85.9 Å². The van der Waals surface area contributed by atoms with Gasteiger partial charge in [0.15, 0.2) is 0 Å². The van der Waals surface area contributed by atoms with Crippen molar-refractivity contribution in [2.75, 3.05) is 13.6 Å².